The van der Waals surface area contributed by atoms with Gasteiger partial charge in [0.15, 0.2) is 5.76 Å². The standard InChI is InChI=1S/C32H35N4O8PS/c33-32(40)36(16-14-21-12-13-22-7-1-2-8-23(22)17-21)31(39)26-10-5-6-15-35(26)30(38)25(19-46-20-45(41,42)43)34-29(37)28-18-24-9-3-4-11-27(24)44-28/h1-4,7-9,11-13,17-18,25-26H,5-6,10,14-16,19-20H2,(H2,33,40)(H,34,37)(H2,41,42,43). The third-order valence-corrected chi connectivity index (χ3v) is 10.5. The van der Waals surface area contributed by atoms with Crippen LogP contribution in [0.2, 0.25) is 0 Å². The van der Waals surface area contributed by atoms with E-state index in [9.17, 15) is 33.5 Å². The second-order valence-corrected chi connectivity index (χ2v) is 14.2. The molecule has 5 rings (SSSR count). The van der Waals surface area contributed by atoms with E-state index in [2.05, 4.69) is 5.32 Å². The van der Waals surface area contributed by atoms with Crippen molar-refractivity contribution in [3.8, 4) is 0 Å². The number of para-hydroxylation sites is 1. The molecule has 5 amide bonds. The first kappa shape index (κ1) is 33.2. The fourth-order valence-electron chi connectivity index (χ4n) is 5.58. The number of nitrogens with zero attached hydrogens (tertiary/aromatic N) is 2. The van der Waals surface area contributed by atoms with Gasteiger partial charge >= 0.3 is 13.6 Å². The number of carbonyl (C=O) groups is 4. The number of fused-ring (bicyclic) bond motifs is 2. The van der Waals surface area contributed by atoms with Crippen molar-refractivity contribution in [2.45, 2.75) is 37.8 Å². The van der Waals surface area contributed by atoms with Gasteiger partial charge in [-0.25, -0.2) is 4.79 Å². The van der Waals surface area contributed by atoms with Crippen molar-refractivity contribution in [1.29, 1.82) is 0 Å². The number of likely N-dealkylation sites (tertiary alicyclic amines) is 1. The molecule has 1 saturated heterocycles. The Morgan fingerprint density at radius 2 is 1.72 bits per heavy atom. The molecule has 242 valence electrons. The maximum absolute atomic E-state index is 14.0. The monoisotopic (exact) mass is 666 g/mol. The minimum Gasteiger partial charge on any atom is -0.451 e. The number of urea groups is 1. The quantitative estimate of drug-likeness (QED) is 0.171. The van der Waals surface area contributed by atoms with Crippen LogP contribution in [0.5, 0.6) is 0 Å². The van der Waals surface area contributed by atoms with Gasteiger partial charge in [0.25, 0.3) is 11.8 Å². The first-order chi connectivity index (χ1) is 22.0. The number of primary amides is 1. The lowest BCUT2D eigenvalue weighted by atomic mass is 9.99. The zero-order valence-electron chi connectivity index (χ0n) is 24.9. The minimum absolute atomic E-state index is 0.00932. The van der Waals surface area contributed by atoms with E-state index in [0.717, 1.165) is 33.0 Å². The summed E-state index contributed by atoms with van der Waals surface area (Å²) in [4.78, 5) is 74.6. The number of benzene rings is 3. The Labute approximate surface area is 269 Å². The van der Waals surface area contributed by atoms with Crippen LogP contribution in [-0.2, 0) is 20.6 Å². The number of amides is 5. The molecule has 46 heavy (non-hydrogen) atoms. The molecule has 0 radical (unpaired) electrons. The number of rotatable bonds is 11. The van der Waals surface area contributed by atoms with Crippen molar-refractivity contribution in [2.24, 2.45) is 5.73 Å². The Morgan fingerprint density at radius 1 is 1.00 bits per heavy atom. The van der Waals surface area contributed by atoms with Crippen LogP contribution in [0, 0.1) is 0 Å². The van der Waals surface area contributed by atoms with E-state index < -0.39 is 48.9 Å². The zero-order valence-corrected chi connectivity index (χ0v) is 26.6. The second-order valence-electron chi connectivity index (χ2n) is 11.1. The molecule has 1 aliphatic rings. The Kier molecular flexibility index (Phi) is 10.5. The molecule has 3 aromatic carbocycles. The van der Waals surface area contributed by atoms with Crippen LogP contribution < -0.4 is 11.1 Å². The summed E-state index contributed by atoms with van der Waals surface area (Å²) in [5.41, 5.74) is 6.48. The van der Waals surface area contributed by atoms with Crippen molar-refractivity contribution in [1.82, 2.24) is 15.1 Å². The number of furan rings is 1. The highest BCUT2D eigenvalue weighted by Gasteiger charge is 2.39. The number of hydrogen-bond donors (Lipinski definition) is 4. The maximum atomic E-state index is 14.0. The number of nitrogens with two attached hydrogens (primary N) is 1. The number of nitrogens with one attached hydrogen (secondary N) is 1. The maximum Gasteiger partial charge on any atom is 0.335 e. The first-order valence-corrected chi connectivity index (χ1v) is 17.8. The zero-order chi connectivity index (χ0) is 32.8. The van der Waals surface area contributed by atoms with Gasteiger partial charge in [-0.1, -0.05) is 60.7 Å². The van der Waals surface area contributed by atoms with Crippen LogP contribution in [0.3, 0.4) is 0 Å². The summed E-state index contributed by atoms with van der Waals surface area (Å²) in [6.45, 7) is 0.197. The Morgan fingerprint density at radius 3 is 2.43 bits per heavy atom. The van der Waals surface area contributed by atoms with Gasteiger partial charge in [-0.2, -0.15) is 0 Å². The van der Waals surface area contributed by atoms with Gasteiger partial charge in [-0.05, 0) is 54.2 Å². The largest absolute Gasteiger partial charge is 0.451 e. The molecule has 1 aliphatic heterocycles. The molecule has 12 nitrogen and oxygen atoms in total. The molecule has 2 atom stereocenters. The Bertz CT molecular complexity index is 1770. The molecular formula is C32H35N4O8PS. The van der Waals surface area contributed by atoms with Gasteiger partial charge in [0.1, 0.15) is 17.7 Å². The van der Waals surface area contributed by atoms with Crippen LogP contribution in [0.25, 0.3) is 21.7 Å². The van der Waals surface area contributed by atoms with Crippen LogP contribution in [0.15, 0.2) is 77.2 Å². The van der Waals surface area contributed by atoms with Crippen molar-refractivity contribution >= 4 is 64.9 Å². The topological polar surface area (TPSA) is 183 Å². The highest BCUT2D eigenvalue weighted by atomic mass is 32.2. The lowest BCUT2D eigenvalue weighted by molar-refractivity contribution is -0.146. The summed E-state index contributed by atoms with van der Waals surface area (Å²) in [7, 11) is -4.40. The highest BCUT2D eigenvalue weighted by Crippen LogP contribution is 2.39. The number of thioether (sulfide) groups is 1. The number of piperidine rings is 1. The summed E-state index contributed by atoms with van der Waals surface area (Å²) in [5.74, 6) is -2.14. The normalized spacial score (nSPS) is 15.9. The minimum atomic E-state index is -4.40. The van der Waals surface area contributed by atoms with E-state index in [1.165, 1.54) is 11.0 Å². The van der Waals surface area contributed by atoms with Crippen molar-refractivity contribution in [3.63, 3.8) is 0 Å². The first-order valence-electron chi connectivity index (χ1n) is 14.8. The van der Waals surface area contributed by atoms with E-state index in [0.29, 0.717) is 30.2 Å². The molecule has 5 N–H and O–H groups in total. The van der Waals surface area contributed by atoms with E-state index in [1.54, 1.807) is 24.3 Å². The van der Waals surface area contributed by atoms with Gasteiger partial charge in [0.2, 0.25) is 5.91 Å². The summed E-state index contributed by atoms with van der Waals surface area (Å²) < 4.78 is 17.2. The lowest BCUT2D eigenvalue weighted by Crippen LogP contribution is -2.59. The Balaban J connectivity index is 1.33. The van der Waals surface area contributed by atoms with E-state index in [-0.39, 0.29) is 31.0 Å². The molecule has 14 heteroatoms. The molecule has 2 unspecified atom stereocenters. The number of imide groups is 1. The molecule has 0 spiro atoms. The molecular weight excluding hydrogens is 631 g/mol. The fourth-order valence-corrected chi connectivity index (χ4v) is 7.42. The van der Waals surface area contributed by atoms with Crippen LogP contribution in [0.1, 0.15) is 35.4 Å². The van der Waals surface area contributed by atoms with E-state index in [4.69, 9.17) is 10.2 Å². The Hall–Kier alpha value is -4.16. The second kappa shape index (κ2) is 14.5. The third-order valence-electron chi connectivity index (χ3n) is 7.84. The molecule has 0 saturated carbocycles. The van der Waals surface area contributed by atoms with Crippen molar-refractivity contribution in [3.05, 3.63) is 84.1 Å². The molecule has 1 aromatic heterocycles. The van der Waals surface area contributed by atoms with Crippen LogP contribution in [-0.4, -0.2) is 79.8 Å². The van der Waals surface area contributed by atoms with E-state index in [1.807, 2.05) is 42.5 Å². The van der Waals surface area contributed by atoms with Gasteiger partial charge in [-0.3, -0.25) is 23.8 Å². The SMILES string of the molecule is NC(=O)N(CCc1ccc2ccccc2c1)C(=O)C1CCCCN1C(=O)C(CSCP(=O)(O)O)NC(=O)c1cc2ccccc2o1. The fraction of sp³-hybridized carbons (Fsp3) is 0.312. The molecule has 2 heterocycles. The average Bonchev–Trinajstić information content (AvgIpc) is 3.48. The summed E-state index contributed by atoms with van der Waals surface area (Å²) >= 11 is 0.805. The number of carbonyl (C=O) groups excluding carboxylic acids is 4. The number of hydrogen-bond acceptors (Lipinski definition) is 7. The van der Waals surface area contributed by atoms with Crippen molar-refractivity contribution in [2.75, 3.05) is 24.3 Å². The van der Waals surface area contributed by atoms with Gasteiger partial charge < -0.3 is 30.2 Å². The van der Waals surface area contributed by atoms with Gasteiger partial charge in [0, 0.05) is 24.2 Å². The van der Waals surface area contributed by atoms with Crippen LogP contribution >= 0.6 is 19.4 Å². The smallest absolute Gasteiger partial charge is 0.335 e. The molecule has 0 aliphatic carbocycles. The van der Waals surface area contributed by atoms with Gasteiger partial charge in [0.05, 0.1) is 5.49 Å². The molecule has 0 bridgehead atoms. The van der Waals surface area contributed by atoms with Crippen LogP contribution in [0.4, 0.5) is 4.79 Å². The highest BCUT2D eigenvalue weighted by molar-refractivity contribution is 8.04. The van der Waals surface area contributed by atoms with E-state index >= 15 is 0 Å². The summed E-state index contributed by atoms with van der Waals surface area (Å²) in [6, 6.07) is 19.0. The summed E-state index contributed by atoms with van der Waals surface area (Å²) in [5, 5.41) is 5.40. The van der Waals surface area contributed by atoms with Gasteiger partial charge in [-0.15, -0.1) is 11.8 Å². The molecule has 4 aromatic rings. The predicted octanol–water partition coefficient (Wildman–Crippen LogP) is 4.08. The average molecular weight is 667 g/mol. The predicted molar refractivity (Wildman–Crippen MR) is 175 cm³/mol. The third kappa shape index (κ3) is 8.16. The van der Waals surface area contributed by atoms with Crippen molar-refractivity contribution < 1.29 is 37.9 Å². The lowest BCUT2D eigenvalue weighted by Gasteiger charge is -2.38. The summed E-state index contributed by atoms with van der Waals surface area (Å²) in [6.07, 6.45) is 1.85. The molecule has 1 fully saturated rings.